The lowest BCUT2D eigenvalue weighted by Crippen LogP contribution is -2.35. The van der Waals surface area contributed by atoms with E-state index in [0.29, 0.717) is 0 Å². The zero-order valence-electron chi connectivity index (χ0n) is 14.9. The van der Waals surface area contributed by atoms with Crippen LogP contribution in [0.15, 0.2) is 36.0 Å². The van der Waals surface area contributed by atoms with Crippen molar-refractivity contribution in [3.63, 3.8) is 0 Å². The second-order valence-corrected chi connectivity index (χ2v) is 7.31. The zero-order valence-corrected chi connectivity index (χ0v) is 14.9. The van der Waals surface area contributed by atoms with Gasteiger partial charge in [-0.2, -0.15) is 0 Å². The summed E-state index contributed by atoms with van der Waals surface area (Å²) in [5.74, 6) is 1.00. The minimum absolute atomic E-state index is 0.174. The number of H-pyrrole nitrogens is 1. The van der Waals surface area contributed by atoms with Gasteiger partial charge >= 0.3 is 0 Å². The van der Waals surface area contributed by atoms with Gasteiger partial charge in [0.25, 0.3) is 0 Å². The monoisotopic (exact) mass is 338 g/mol. The van der Waals surface area contributed by atoms with Crippen molar-refractivity contribution >= 4 is 16.8 Å². The molecule has 2 N–H and O–H groups in total. The summed E-state index contributed by atoms with van der Waals surface area (Å²) in [5, 5.41) is 4.29. The summed E-state index contributed by atoms with van der Waals surface area (Å²) in [6.07, 6.45) is 12.2. The Morgan fingerprint density at radius 1 is 1.32 bits per heavy atom. The fourth-order valence-corrected chi connectivity index (χ4v) is 4.00. The fourth-order valence-electron chi connectivity index (χ4n) is 4.00. The molecule has 1 saturated carbocycles. The first-order chi connectivity index (χ1) is 12.2. The topological polar surface area (TPSA) is 54.1 Å². The van der Waals surface area contributed by atoms with Crippen molar-refractivity contribution in [2.45, 2.75) is 50.4 Å². The molecule has 1 aromatic heterocycles. The molecule has 2 aliphatic rings. The Balaban J connectivity index is 1.48. The minimum atomic E-state index is -0.356. The van der Waals surface area contributed by atoms with Crippen molar-refractivity contribution < 1.29 is 9.53 Å². The molecule has 1 fully saturated rings. The van der Waals surface area contributed by atoms with Crippen molar-refractivity contribution in [1.82, 2.24) is 10.3 Å². The number of benzene rings is 1. The van der Waals surface area contributed by atoms with Crippen LogP contribution in [0.3, 0.4) is 0 Å². The molecular weight excluding hydrogens is 312 g/mol. The molecule has 1 heterocycles. The highest BCUT2D eigenvalue weighted by Gasteiger charge is 2.52. The molecule has 4 heteroatoms. The van der Waals surface area contributed by atoms with E-state index in [1.165, 1.54) is 31.3 Å². The number of methoxy groups -OCH3 is 1. The number of amides is 1. The number of aromatic nitrogens is 1. The normalized spacial score (nSPS) is 18.7. The maximum Gasteiger partial charge on any atom is 0.230 e. The lowest BCUT2D eigenvalue weighted by atomic mass is 9.94. The van der Waals surface area contributed by atoms with Gasteiger partial charge in [0.1, 0.15) is 5.75 Å². The summed E-state index contributed by atoms with van der Waals surface area (Å²) in [7, 11) is 1.67. The van der Waals surface area contributed by atoms with Crippen LogP contribution in [0.5, 0.6) is 5.75 Å². The Bertz CT molecular complexity index is 814. The van der Waals surface area contributed by atoms with E-state index in [0.717, 1.165) is 48.0 Å². The van der Waals surface area contributed by atoms with Gasteiger partial charge in [-0.1, -0.05) is 11.6 Å². The molecule has 4 rings (SSSR count). The zero-order chi connectivity index (χ0) is 17.3. The lowest BCUT2D eigenvalue weighted by molar-refractivity contribution is -0.123. The number of hydrogen-bond donors (Lipinski definition) is 2. The van der Waals surface area contributed by atoms with E-state index in [1.807, 2.05) is 24.4 Å². The molecule has 4 nitrogen and oxygen atoms in total. The summed E-state index contributed by atoms with van der Waals surface area (Å²) in [5.41, 5.74) is 3.32. The van der Waals surface area contributed by atoms with Crippen molar-refractivity contribution in [1.29, 1.82) is 0 Å². The van der Waals surface area contributed by atoms with Crippen LogP contribution in [0.25, 0.3) is 10.9 Å². The molecule has 2 aromatic rings. The first-order valence-electron chi connectivity index (χ1n) is 9.35. The van der Waals surface area contributed by atoms with Gasteiger partial charge in [0.2, 0.25) is 5.91 Å². The van der Waals surface area contributed by atoms with Gasteiger partial charge in [-0.05, 0) is 68.7 Å². The molecule has 0 unspecified atom stereocenters. The van der Waals surface area contributed by atoms with Crippen LogP contribution < -0.4 is 10.1 Å². The lowest BCUT2D eigenvalue weighted by Gasteiger charge is -2.17. The third-order valence-electron chi connectivity index (χ3n) is 5.71. The Labute approximate surface area is 148 Å². The van der Waals surface area contributed by atoms with E-state index < -0.39 is 0 Å². The molecule has 0 bridgehead atoms. The summed E-state index contributed by atoms with van der Waals surface area (Å²) < 4.78 is 5.35. The highest BCUT2D eigenvalue weighted by Crippen LogP contribution is 2.51. The van der Waals surface area contributed by atoms with E-state index in [-0.39, 0.29) is 11.3 Å². The quantitative estimate of drug-likeness (QED) is 0.775. The molecule has 0 radical (unpaired) electrons. The first-order valence-corrected chi connectivity index (χ1v) is 9.35. The van der Waals surface area contributed by atoms with E-state index in [1.54, 1.807) is 7.11 Å². The number of carbonyl (C=O) groups is 1. The van der Waals surface area contributed by atoms with Crippen LogP contribution in [-0.2, 0) is 10.2 Å². The molecule has 0 spiro atoms. The smallest absolute Gasteiger partial charge is 0.230 e. The van der Waals surface area contributed by atoms with Crippen LogP contribution in [-0.4, -0.2) is 24.5 Å². The van der Waals surface area contributed by atoms with Gasteiger partial charge in [0, 0.05) is 23.6 Å². The maximum atomic E-state index is 12.9. The summed E-state index contributed by atoms with van der Waals surface area (Å²) in [6, 6.07) is 5.99. The molecule has 2 aliphatic carbocycles. The van der Waals surface area contributed by atoms with Crippen molar-refractivity contribution in [3.8, 4) is 5.75 Å². The van der Waals surface area contributed by atoms with Crippen LogP contribution in [0, 0.1) is 0 Å². The molecule has 0 aliphatic heterocycles. The van der Waals surface area contributed by atoms with Crippen molar-refractivity contribution in [3.05, 3.63) is 41.6 Å². The van der Waals surface area contributed by atoms with E-state index in [2.05, 4.69) is 16.4 Å². The van der Waals surface area contributed by atoms with Gasteiger partial charge < -0.3 is 15.0 Å². The number of allylic oxidation sites excluding steroid dienone is 1. The molecule has 0 saturated heterocycles. The summed E-state index contributed by atoms with van der Waals surface area (Å²) >= 11 is 0. The number of rotatable bonds is 6. The number of hydrogen-bond acceptors (Lipinski definition) is 2. The summed E-state index contributed by atoms with van der Waals surface area (Å²) in [4.78, 5) is 16.2. The summed E-state index contributed by atoms with van der Waals surface area (Å²) in [6.45, 7) is 0.748. The van der Waals surface area contributed by atoms with Gasteiger partial charge in [-0.3, -0.25) is 4.79 Å². The third kappa shape index (κ3) is 3.06. The highest BCUT2D eigenvalue weighted by molar-refractivity contribution is 5.98. The molecule has 1 amide bonds. The third-order valence-corrected chi connectivity index (χ3v) is 5.71. The van der Waals surface area contributed by atoms with Crippen LogP contribution in [0.4, 0.5) is 0 Å². The van der Waals surface area contributed by atoms with E-state index in [4.69, 9.17) is 4.74 Å². The molecular formula is C21H26N2O2. The number of ether oxygens (including phenoxy) is 1. The second-order valence-electron chi connectivity index (χ2n) is 7.31. The Hall–Kier alpha value is -2.23. The molecule has 0 atom stereocenters. The number of nitrogens with one attached hydrogen (secondary N) is 2. The van der Waals surface area contributed by atoms with E-state index >= 15 is 0 Å². The number of carbonyl (C=O) groups excluding carboxylic acids is 1. The fraction of sp³-hybridized carbons (Fsp3) is 0.476. The van der Waals surface area contributed by atoms with Crippen molar-refractivity contribution in [2.24, 2.45) is 0 Å². The van der Waals surface area contributed by atoms with Crippen LogP contribution >= 0.6 is 0 Å². The Kier molecular flexibility index (Phi) is 4.28. The second kappa shape index (κ2) is 6.58. The predicted octanol–water partition coefficient (Wildman–Crippen LogP) is 4.21. The Morgan fingerprint density at radius 3 is 2.92 bits per heavy atom. The maximum absolute atomic E-state index is 12.9. The van der Waals surface area contributed by atoms with Crippen LogP contribution in [0.2, 0.25) is 0 Å². The first kappa shape index (κ1) is 16.2. The molecule has 132 valence electrons. The van der Waals surface area contributed by atoms with Gasteiger partial charge in [-0.25, -0.2) is 0 Å². The highest BCUT2D eigenvalue weighted by atomic mass is 16.5. The van der Waals surface area contributed by atoms with Crippen molar-refractivity contribution in [2.75, 3.05) is 13.7 Å². The van der Waals surface area contributed by atoms with Crippen LogP contribution in [0.1, 0.15) is 50.5 Å². The predicted molar refractivity (Wildman–Crippen MR) is 99.9 cm³/mol. The standard InChI is InChI=1S/C21H26N2O2/c1-25-16-7-8-19-17(13-16)18(14-23-19)21(10-11-21)20(24)22-12-9-15-5-3-2-4-6-15/h5,7-8,13-14,23H,2-4,6,9-12H2,1H3,(H,22,24). The van der Waals surface area contributed by atoms with Gasteiger partial charge in [-0.15, -0.1) is 0 Å². The molecule has 1 aromatic carbocycles. The Morgan fingerprint density at radius 2 is 2.20 bits per heavy atom. The van der Waals surface area contributed by atoms with Gasteiger partial charge in [0.05, 0.1) is 12.5 Å². The largest absolute Gasteiger partial charge is 0.497 e. The average Bonchev–Trinajstić information content (AvgIpc) is 3.35. The molecule has 25 heavy (non-hydrogen) atoms. The number of fused-ring (bicyclic) bond motifs is 1. The average molecular weight is 338 g/mol. The SMILES string of the molecule is COc1ccc2[nH]cc(C3(C(=O)NCCC4=CCCCC4)CC3)c2c1. The minimum Gasteiger partial charge on any atom is -0.497 e. The van der Waals surface area contributed by atoms with E-state index in [9.17, 15) is 4.79 Å². The number of aromatic amines is 1. The van der Waals surface area contributed by atoms with Gasteiger partial charge in [0.15, 0.2) is 0 Å².